The van der Waals surface area contributed by atoms with Gasteiger partial charge in [-0.3, -0.25) is 4.68 Å². The molecule has 0 saturated carbocycles. The summed E-state index contributed by atoms with van der Waals surface area (Å²) in [5.74, 6) is -1.09. The molecule has 0 bridgehead atoms. The third-order valence-corrected chi connectivity index (χ3v) is 2.72. The molecule has 0 amide bonds. The van der Waals surface area contributed by atoms with Crippen LogP contribution in [0, 0.1) is 0 Å². The molecule has 0 aliphatic heterocycles. The van der Waals surface area contributed by atoms with E-state index in [-0.39, 0.29) is 0 Å². The maximum atomic E-state index is 10.9. The molecule has 4 heteroatoms. The van der Waals surface area contributed by atoms with Gasteiger partial charge in [0, 0.05) is 12.1 Å². The molecule has 2 rings (SSSR count). The topological polar surface area (TPSA) is 58.0 Å². The van der Waals surface area contributed by atoms with Crippen molar-refractivity contribution in [1.29, 1.82) is 0 Å². The number of carbonyl (C=O) groups excluding carboxylic acids is 1. The molecule has 0 aromatic carbocycles. The Hall–Kier alpha value is -1.32. The van der Waals surface area contributed by atoms with Crippen LogP contribution in [-0.4, -0.2) is 15.7 Å². The van der Waals surface area contributed by atoms with Crippen molar-refractivity contribution in [2.24, 2.45) is 0 Å². The van der Waals surface area contributed by atoms with E-state index in [4.69, 9.17) is 0 Å². The maximum Gasteiger partial charge on any atom is 0.0899 e. The highest BCUT2D eigenvalue weighted by Crippen LogP contribution is 2.23. The number of hydrogen-bond acceptors (Lipinski definition) is 3. The lowest BCUT2D eigenvalue weighted by Crippen LogP contribution is -2.27. The number of rotatable bonds is 2. The van der Waals surface area contributed by atoms with Gasteiger partial charge < -0.3 is 9.90 Å². The molecule has 1 aliphatic carbocycles. The van der Waals surface area contributed by atoms with E-state index >= 15 is 0 Å². The molecule has 0 spiro atoms. The summed E-state index contributed by atoms with van der Waals surface area (Å²) in [5.41, 5.74) is 2.15. The predicted molar refractivity (Wildman–Crippen MR) is 48.9 cm³/mol. The SMILES string of the molecule is CCn1nc2c(c1C(=O)[O-])CCCC2. The molecule has 4 nitrogen and oxygen atoms in total. The minimum Gasteiger partial charge on any atom is -0.543 e. The molecule has 1 aliphatic rings. The number of nitrogens with zero attached hydrogens (tertiary/aromatic N) is 2. The van der Waals surface area contributed by atoms with E-state index in [1.807, 2.05) is 6.92 Å². The van der Waals surface area contributed by atoms with E-state index in [0.29, 0.717) is 12.2 Å². The van der Waals surface area contributed by atoms with Crippen molar-refractivity contribution in [2.45, 2.75) is 39.2 Å². The first-order valence-corrected chi connectivity index (χ1v) is 5.04. The average Bonchev–Trinajstić information content (AvgIpc) is 2.55. The third kappa shape index (κ3) is 1.31. The second-order valence-corrected chi connectivity index (χ2v) is 3.58. The fourth-order valence-electron chi connectivity index (χ4n) is 2.06. The Morgan fingerprint density at radius 1 is 1.50 bits per heavy atom. The van der Waals surface area contributed by atoms with Gasteiger partial charge in [0.05, 0.1) is 17.4 Å². The van der Waals surface area contributed by atoms with Gasteiger partial charge in [-0.1, -0.05) is 0 Å². The van der Waals surface area contributed by atoms with E-state index in [0.717, 1.165) is 36.9 Å². The minimum atomic E-state index is -1.09. The summed E-state index contributed by atoms with van der Waals surface area (Å²) in [6.07, 6.45) is 3.91. The fraction of sp³-hybridized carbons (Fsp3) is 0.600. The van der Waals surface area contributed by atoms with Gasteiger partial charge >= 0.3 is 0 Å². The van der Waals surface area contributed by atoms with Crippen molar-refractivity contribution >= 4 is 5.97 Å². The summed E-state index contributed by atoms with van der Waals surface area (Å²) in [7, 11) is 0. The van der Waals surface area contributed by atoms with E-state index < -0.39 is 5.97 Å². The maximum absolute atomic E-state index is 10.9. The van der Waals surface area contributed by atoms with Crippen LogP contribution in [0.3, 0.4) is 0 Å². The Labute approximate surface area is 82.5 Å². The number of aromatic nitrogens is 2. The molecule has 0 N–H and O–H groups in total. The van der Waals surface area contributed by atoms with Crippen LogP contribution in [0.25, 0.3) is 0 Å². The van der Waals surface area contributed by atoms with Gasteiger partial charge in [-0.2, -0.15) is 5.10 Å². The number of hydrogen-bond donors (Lipinski definition) is 0. The summed E-state index contributed by atoms with van der Waals surface area (Å²) < 4.78 is 1.55. The third-order valence-electron chi connectivity index (χ3n) is 2.72. The summed E-state index contributed by atoms with van der Waals surface area (Å²) >= 11 is 0. The van der Waals surface area contributed by atoms with Gasteiger partial charge in [0.15, 0.2) is 0 Å². The van der Waals surface area contributed by atoms with Gasteiger partial charge in [0.2, 0.25) is 0 Å². The lowest BCUT2D eigenvalue weighted by Gasteiger charge is -2.11. The average molecular weight is 193 g/mol. The smallest absolute Gasteiger partial charge is 0.0899 e. The Morgan fingerprint density at radius 2 is 2.21 bits per heavy atom. The lowest BCUT2D eigenvalue weighted by atomic mass is 9.96. The van der Waals surface area contributed by atoms with E-state index in [2.05, 4.69) is 5.10 Å². The first kappa shape index (κ1) is 9.24. The van der Waals surface area contributed by atoms with E-state index in [1.165, 1.54) is 0 Å². The number of carbonyl (C=O) groups is 1. The zero-order valence-electron chi connectivity index (χ0n) is 8.25. The van der Waals surface area contributed by atoms with Crippen molar-refractivity contribution in [1.82, 2.24) is 9.78 Å². The summed E-state index contributed by atoms with van der Waals surface area (Å²) in [6.45, 7) is 2.49. The highest BCUT2D eigenvalue weighted by Gasteiger charge is 2.20. The van der Waals surface area contributed by atoms with Gasteiger partial charge in [-0.05, 0) is 32.6 Å². The Kier molecular flexibility index (Phi) is 2.27. The molecule has 0 radical (unpaired) electrons. The Morgan fingerprint density at radius 3 is 2.86 bits per heavy atom. The first-order chi connectivity index (χ1) is 6.74. The minimum absolute atomic E-state index is 0.294. The van der Waals surface area contributed by atoms with Crippen molar-refractivity contribution in [3.8, 4) is 0 Å². The fourth-order valence-corrected chi connectivity index (χ4v) is 2.06. The second-order valence-electron chi connectivity index (χ2n) is 3.58. The Bertz CT molecular complexity index is 368. The van der Waals surface area contributed by atoms with Crippen LogP contribution in [-0.2, 0) is 19.4 Å². The highest BCUT2D eigenvalue weighted by molar-refractivity contribution is 5.86. The summed E-state index contributed by atoms with van der Waals surface area (Å²) in [4.78, 5) is 10.9. The van der Waals surface area contributed by atoms with E-state index in [9.17, 15) is 9.90 Å². The lowest BCUT2D eigenvalue weighted by molar-refractivity contribution is -0.255. The standard InChI is InChI=1S/C10H14N2O2/c1-2-12-9(10(13)14)7-5-3-4-6-8(7)11-12/h2-6H2,1H3,(H,13,14)/p-1. The quantitative estimate of drug-likeness (QED) is 0.671. The van der Waals surface area contributed by atoms with E-state index in [1.54, 1.807) is 4.68 Å². The molecule has 0 fully saturated rings. The molecule has 1 aromatic heterocycles. The monoisotopic (exact) mass is 193 g/mol. The van der Waals surface area contributed by atoms with Crippen LogP contribution >= 0.6 is 0 Å². The zero-order valence-corrected chi connectivity index (χ0v) is 8.25. The van der Waals surface area contributed by atoms with Crippen LogP contribution in [0.4, 0.5) is 0 Å². The first-order valence-electron chi connectivity index (χ1n) is 5.04. The molecule has 0 atom stereocenters. The van der Waals surface area contributed by atoms with Crippen LogP contribution in [0.2, 0.25) is 0 Å². The molecule has 0 saturated heterocycles. The molecule has 1 heterocycles. The van der Waals surface area contributed by atoms with Gasteiger partial charge in [-0.15, -0.1) is 0 Å². The zero-order chi connectivity index (χ0) is 10.1. The van der Waals surface area contributed by atoms with Crippen molar-refractivity contribution in [3.63, 3.8) is 0 Å². The number of fused-ring (bicyclic) bond motifs is 1. The highest BCUT2D eigenvalue weighted by atomic mass is 16.4. The van der Waals surface area contributed by atoms with Crippen LogP contribution < -0.4 is 5.11 Å². The number of aromatic carboxylic acids is 1. The van der Waals surface area contributed by atoms with Crippen molar-refractivity contribution in [3.05, 3.63) is 17.0 Å². The van der Waals surface area contributed by atoms with Crippen LogP contribution in [0.1, 0.15) is 41.5 Å². The summed E-state index contributed by atoms with van der Waals surface area (Å²) in [5, 5.41) is 15.2. The van der Waals surface area contributed by atoms with Crippen LogP contribution in [0.15, 0.2) is 0 Å². The molecular formula is C10H13N2O2-. The predicted octanol–water partition coefficient (Wildman–Crippen LogP) is 0.145. The van der Waals surface area contributed by atoms with Gasteiger partial charge in [-0.25, -0.2) is 0 Å². The number of aryl methyl sites for hydroxylation is 2. The molecule has 14 heavy (non-hydrogen) atoms. The number of carboxylic acid groups (broad SMARTS) is 1. The van der Waals surface area contributed by atoms with Crippen molar-refractivity contribution < 1.29 is 9.90 Å². The normalized spacial score (nSPS) is 15.2. The molecule has 0 unspecified atom stereocenters. The van der Waals surface area contributed by atoms with Gasteiger partial charge in [0.25, 0.3) is 0 Å². The molecular weight excluding hydrogens is 180 g/mol. The second kappa shape index (κ2) is 3.44. The molecule has 76 valence electrons. The number of carboxylic acids is 1. The van der Waals surface area contributed by atoms with Crippen LogP contribution in [0.5, 0.6) is 0 Å². The Balaban J connectivity index is 2.53. The molecule has 1 aromatic rings. The summed E-state index contributed by atoms with van der Waals surface area (Å²) in [6, 6.07) is 0. The van der Waals surface area contributed by atoms with Crippen molar-refractivity contribution in [2.75, 3.05) is 0 Å². The largest absolute Gasteiger partial charge is 0.543 e. The van der Waals surface area contributed by atoms with Gasteiger partial charge in [0.1, 0.15) is 0 Å².